The molecule has 0 radical (unpaired) electrons. The number of nitrogens with one attached hydrogen (secondary N) is 1. The minimum Gasteiger partial charge on any atom is -0.481 e. The largest absolute Gasteiger partial charge is 0.481 e. The third-order valence-electron chi connectivity index (χ3n) is 1.75. The number of rotatable bonds is 5. The molecule has 0 unspecified atom stereocenters. The van der Waals surface area contributed by atoms with E-state index < -0.39 is 5.97 Å². The smallest absolute Gasteiger partial charge is 0.307 e. The van der Waals surface area contributed by atoms with Crippen molar-refractivity contribution in [3.8, 4) is 0 Å². The van der Waals surface area contributed by atoms with Crippen LogP contribution in [0, 0.1) is 0 Å². The molecular formula is C10H13NO2S. The van der Waals surface area contributed by atoms with Crippen molar-refractivity contribution < 1.29 is 9.90 Å². The predicted octanol–water partition coefficient (Wildman–Crippen LogP) is 1.66. The summed E-state index contributed by atoms with van der Waals surface area (Å²) in [6, 6.07) is 7.38. The lowest BCUT2D eigenvalue weighted by atomic mass is 10.1. The van der Waals surface area contributed by atoms with E-state index in [1.807, 2.05) is 24.3 Å². The van der Waals surface area contributed by atoms with Gasteiger partial charge in [0.2, 0.25) is 0 Å². The predicted molar refractivity (Wildman–Crippen MR) is 60.1 cm³/mol. The number of hydrogen-bond acceptors (Lipinski definition) is 3. The summed E-state index contributed by atoms with van der Waals surface area (Å²) < 4.78 is 0. The van der Waals surface area contributed by atoms with E-state index in [-0.39, 0.29) is 6.42 Å². The van der Waals surface area contributed by atoms with E-state index in [0.717, 1.165) is 23.5 Å². The molecule has 0 amide bonds. The number of thiol groups is 1. The molecule has 2 N–H and O–H groups in total. The van der Waals surface area contributed by atoms with Gasteiger partial charge < -0.3 is 10.4 Å². The molecule has 0 aromatic heterocycles. The van der Waals surface area contributed by atoms with E-state index in [4.69, 9.17) is 5.11 Å². The monoisotopic (exact) mass is 211 g/mol. The highest BCUT2D eigenvalue weighted by atomic mass is 32.1. The molecule has 4 heteroatoms. The first-order chi connectivity index (χ1) is 6.72. The highest BCUT2D eigenvalue weighted by molar-refractivity contribution is 7.80. The van der Waals surface area contributed by atoms with Crippen molar-refractivity contribution in [2.75, 3.05) is 17.6 Å². The first-order valence-corrected chi connectivity index (χ1v) is 5.01. The molecular weight excluding hydrogens is 198 g/mol. The molecule has 0 heterocycles. The third-order valence-corrected chi connectivity index (χ3v) is 1.97. The van der Waals surface area contributed by atoms with Crippen LogP contribution in [-0.2, 0) is 11.2 Å². The molecule has 1 rings (SSSR count). The van der Waals surface area contributed by atoms with Crippen molar-refractivity contribution in [1.82, 2.24) is 0 Å². The van der Waals surface area contributed by atoms with Crippen molar-refractivity contribution in [3.63, 3.8) is 0 Å². The van der Waals surface area contributed by atoms with Crippen LogP contribution in [0.5, 0.6) is 0 Å². The molecule has 0 saturated heterocycles. The van der Waals surface area contributed by atoms with E-state index in [1.165, 1.54) is 0 Å². The van der Waals surface area contributed by atoms with Gasteiger partial charge in [0.15, 0.2) is 0 Å². The lowest BCUT2D eigenvalue weighted by molar-refractivity contribution is -0.136. The maximum atomic E-state index is 10.4. The highest BCUT2D eigenvalue weighted by Crippen LogP contribution is 2.09. The molecule has 0 spiro atoms. The van der Waals surface area contributed by atoms with E-state index in [1.54, 1.807) is 0 Å². The van der Waals surface area contributed by atoms with E-state index in [9.17, 15) is 4.79 Å². The lowest BCUT2D eigenvalue weighted by Crippen LogP contribution is -2.03. The van der Waals surface area contributed by atoms with Crippen LogP contribution in [0.3, 0.4) is 0 Å². The maximum Gasteiger partial charge on any atom is 0.307 e. The summed E-state index contributed by atoms with van der Waals surface area (Å²) >= 11 is 4.08. The van der Waals surface area contributed by atoms with Gasteiger partial charge in [-0.25, -0.2) is 0 Å². The van der Waals surface area contributed by atoms with Gasteiger partial charge >= 0.3 is 5.97 Å². The van der Waals surface area contributed by atoms with Gasteiger partial charge in [0.05, 0.1) is 6.42 Å². The molecule has 76 valence electrons. The van der Waals surface area contributed by atoms with Gasteiger partial charge in [0.1, 0.15) is 0 Å². The van der Waals surface area contributed by atoms with Gasteiger partial charge in [-0.2, -0.15) is 12.6 Å². The Hall–Kier alpha value is -1.16. The van der Waals surface area contributed by atoms with Crippen molar-refractivity contribution in [3.05, 3.63) is 29.8 Å². The van der Waals surface area contributed by atoms with Crippen LogP contribution < -0.4 is 5.32 Å². The SMILES string of the molecule is O=C(O)Cc1ccc(NCCS)cc1. The summed E-state index contributed by atoms with van der Waals surface area (Å²) in [6.45, 7) is 0.807. The number of aliphatic carboxylic acids is 1. The fourth-order valence-electron chi connectivity index (χ4n) is 1.12. The fraction of sp³-hybridized carbons (Fsp3) is 0.300. The van der Waals surface area contributed by atoms with Crippen LogP contribution in [0.2, 0.25) is 0 Å². The Labute approximate surface area is 88.6 Å². The topological polar surface area (TPSA) is 49.3 Å². The van der Waals surface area contributed by atoms with Gasteiger partial charge in [-0.15, -0.1) is 0 Å². The zero-order valence-electron chi connectivity index (χ0n) is 7.73. The summed E-state index contributed by atoms with van der Waals surface area (Å²) in [4.78, 5) is 10.4. The molecule has 1 aromatic rings. The standard InChI is InChI=1S/C10H13NO2S/c12-10(13)7-8-1-3-9(4-2-8)11-5-6-14/h1-4,11,14H,5-7H2,(H,12,13). The molecule has 0 aliphatic rings. The Morgan fingerprint density at radius 2 is 2.00 bits per heavy atom. The molecule has 14 heavy (non-hydrogen) atoms. The second-order valence-corrected chi connectivity index (χ2v) is 3.37. The van der Waals surface area contributed by atoms with Crippen LogP contribution in [0.4, 0.5) is 5.69 Å². The van der Waals surface area contributed by atoms with Crippen molar-refractivity contribution in [2.24, 2.45) is 0 Å². The zero-order valence-corrected chi connectivity index (χ0v) is 8.63. The summed E-state index contributed by atoms with van der Waals surface area (Å²) in [5.74, 6) is -0.0299. The summed E-state index contributed by atoms with van der Waals surface area (Å²) in [6.07, 6.45) is 0.0762. The molecule has 0 fully saturated rings. The second kappa shape index (κ2) is 5.54. The van der Waals surface area contributed by atoms with Gasteiger partial charge in [-0.05, 0) is 17.7 Å². The van der Waals surface area contributed by atoms with Gasteiger partial charge in [0, 0.05) is 18.0 Å². The van der Waals surface area contributed by atoms with Crippen LogP contribution in [0.25, 0.3) is 0 Å². The quantitative estimate of drug-likeness (QED) is 0.649. The zero-order chi connectivity index (χ0) is 10.4. The summed E-state index contributed by atoms with van der Waals surface area (Å²) in [5, 5.41) is 11.7. The Kier molecular flexibility index (Phi) is 4.32. The van der Waals surface area contributed by atoms with Gasteiger partial charge in [-0.3, -0.25) is 4.79 Å². The summed E-state index contributed by atoms with van der Waals surface area (Å²) in [7, 11) is 0. The number of carboxylic acids is 1. The Bertz CT molecular complexity index is 297. The number of carboxylic acid groups (broad SMARTS) is 1. The minimum absolute atomic E-state index is 0.0762. The van der Waals surface area contributed by atoms with Crippen molar-refractivity contribution in [1.29, 1.82) is 0 Å². The Morgan fingerprint density at radius 3 is 2.50 bits per heavy atom. The first-order valence-electron chi connectivity index (χ1n) is 4.38. The average Bonchev–Trinajstić information content (AvgIpc) is 2.16. The summed E-state index contributed by atoms with van der Waals surface area (Å²) in [5.41, 5.74) is 1.81. The van der Waals surface area contributed by atoms with Crippen LogP contribution in [0.15, 0.2) is 24.3 Å². The Morgan fingerprint density at radius 1 is 1.36 bits per heavy atom. The normalized spacial score (nSPS) is 9.79. The molecule has 3 nitrogen and oxygen atoms in total. The lowest BCUT2D eigenvalue weighted by Gasteiger charge is -2.04. The van der Waals surface area contributed by atoms with Crippen molar-refractivity contribution >= 4 is 24.3 Å². The van der Waals surface area contributed by atoms with E-state index >= 15 is 0 Å². The average molecular weight is 211 g/mol. The van der Waals surface area contributed by atoms with Crippen LogP contribution in [0.1, 0.15) is 5.56 Å². The highest BCUT2D eigenvalue weighted by Gasteiger charge is 1.99. The first kappa shape index (κ1) is 10.9. The molecule has 0 bridgehead atoms. The maximum absolute atomic E-state index is 10.4. The molecule has 0 atom stereocenters. The van der Waals surface area contributed by atoms with Crippen molar-refractivity contribution in [2.45, 2.75) is 6.42 Å². The molecule has 1 aromatic carbocycles. The number of hydrogen-bond donors (Lipinski definition) is 3. The molecule has 0 aliphatic carbocycles. The van der Waals surface area contributed by atoms with Gasteiger partial charge in [-0.1, -0.05) is 12.1 Å². The number of carbonyl (C=O) groups is 1. The van der Waals surface area contributed by atoms with Crippen LogP contribution in [-0.4, -0.2) is 23.4 Å². The Balaban J connectivity index is 2.54. The molecule has 0 aliphatic heterocycles. The number of anilines is 1. The minimum atomic E-state index is -0.805. The molecule has 0 saturated carbocycles. The second-order valence-electron chi connectivity index (χ2n) is 2.92. The third kappa shape index (κ3) is 3.70. The van der Waals surface area contributed by atoms with E-state index in [2.05, 4.69) is 17.9 Å². The fourth-order valence-corrected chi connectivity index (χ4v) is 1.23. The van der Waals surface area contributed by atoms with Crippen LogP contribution >= 0.6 is 12.6 Å². The number of benzene rings is 1. The van der Waals surface area contributed by atoms with Gasteiger partial charge in [0.25, 0.3) is 0 Å². The van der Waals surface area contributed by atoms with E-state index in [0.29, 0.717) is 0 Å².